The number of hydrogen-bond donors (Lipinski definition) is 1. The van der Waals surface area contributed by atoms with Crippen molar-refractivity contribution in [1.82, 2.24) is 0 Å². The van der Waals surface area contributed by atoms with E-state index in [1.807, 2.05) is 18.2 Å². The fourth-order valence-electron chi connectivity index (χ4n) is 2.26. The minimum Gasteiger partial charge on any atom is -0.383 e. The zero-order chi connectivity index (χ0) is 11.0. The molecule has 1 unspecified atom stereocenters. The SMILES string of the molecule is OC1(c2ccc3ccccc3c2)CCOC1. The van der Waals surface area contributed by atoms with Crippen LogP contribution < -0.4 is 0 Å². The van der Waals surface area contributed by atoms with E-state index in [0.717, 1.165) is 5.56 Å². The molecule has 1 aliphatic heterocycles. The molecule has 0 saturated carbocycles. The molecule has 2 heteroatoms. The van der Waals surface area contributed by atoms with Crippen molar-refractivity contribution in [3.8, 4) is 0 Å². The third-order valence-electron chi connectivity index (χ3n) is 3.29. The second-order valence-corrected chi connectivity index (χ2v) is 4.40. The maximum Gasteiger partial charge on any atom is 0.115 e. The van der Waals surface area contributed by atoms with Gasteiger partial charge >= 0.3 is 0 Å². The van der Waals surface area contributed by atoms with Crippen LogP contribution >= 0.6 is 0 Å². The first-order chi connectivity index (χ1) is 7.78. The minimum absolute atomic E-state index is 0.408. The normalized spacial score (nSPS) is 25.1. The molecule has 0 bridgehead atoms. The number of ether oxygens (including phenoxy) is 1. The van der Waals surface area contributed by atoms with Gasteiger partial charge in [0, 0.05) is 13.0 Å². The topological polar surface area (TPSA) is 29.5 Å². The molecule has 1 saturated heterocycles. The highest BCUT2D eigenvalue weighted by molar-refractivity contribution is 5.83. The van der Waals surface area contributed by atoms with E-state index < -0.39 is 5.60 Å². The predicted octanol–water partition coefficient (Wildman–Crippen LogP) is 2.45. The van der Waals surface area contributed by atoms with Crippen LogP contribution in [0.25, 0.3) is 10.8 Å². The summed E-state index contributed by atoms with van der Waals surface area (Å²) in [6.45, 7) is 1.05. The largest absolute Gasteiger partial charge is 0.383 e. The quantitative estimate of drug-likeness (QED) is 0.790. The number of benzene rings is 2. The van der Waals surface area contributed by atoms with Crippen molar-refractivity contribution in [2.24, 2.45) is 0 Å². The smallest absolute Gasteiger partial charge is 0.115 e. The summed E-state index contributed by atoms with van der Waals surface area (Å²) < 4.78 is 5.28. The van der Waals surface area contributed by atoms with E-state index in [2.05, 4.69) is 24.3 Å². The summed E-state index contributed by atoms with van der Waals surface area (Å²) in [5.74, 6) is 0. The fourth-order valence-corrected chi connectivity index (χ4v) is 2.26. The minimum atomic E-state index is -0.788. The Morgan fingerprint density at radius 2 is 1.88 bits per heavy atom. The summed E-state index contributed by atoms with van der Waals surface area (Å²) in [5, 5.41) is 12.8. The van der Waals surface area contributed by atoms with Gasteiger partial charge in [-0.05, 0) is 22.4 Å². The lowest BCUT2D eigenvalue weighted by atomic mass is 9.91. The zero-order valence-electron chi connectivity index (χ0n) is 9.02. The number of fused-ring (bicyclic) bond motifs is 1. The first-order valence-electron chi connectivity index (χ1n) is 5.57. The molecule has 2 nitrogen and oxygen atoms in total. The van der Waals surface area contributed by atoms with Gasteiger partial charge < -0.3 is 9.84 Å². The second-order valence-electron chi connectivity index (χ2n) is 4.40. The molecule has 2 aromatic carbocycles. The lowest BCUT2D eigenvalue weighted by Crippen LogP contribution is -2.25. The van der Waals surface area contributed by atoms with Gasteiger partial charge in [0.2, 0.25) is 0 Å². The third kappa shape index (κ3) is 1.51. The summed E-state index contributed by atoms with van der Waals surface area (Å²) in [4.78, 5) is 0. The summed E-state index contributed by atoms with van der Waals surface area (Å²) in [5.41, 5.74) is 0.174. The molecule has 0 aliphatic carbocycles. The van der Waals surface area contributed by atoms with Gasteiger partial charge in [0.05, 0.1) is 6.61 Å². The van der Waals surface area contributed by atoms with Crippen LogP contribution in [0.2, 0.25) is 0 Å². The van der Waals surface area contributed by atoms with Crippen LogP contribution in [0.1, 0.15) is 12.0 Å². The van der Waals surface area contributed by atoms with Crippen LogP contribution in [-0.2, 0) is 10.3 Å². The molecular weight excluding hydrogens is 200 g/mol. The summed E-state index contributed by atoms with van der Waals surface area (Å²) in [6, 6.07) is 14.3. The highest BCUT2D eigenvalue weighted by atomic mass is 16.5. The van der Waals surface area contributed by atoms with E-state index in [4.69, 9.17) is 4.74 Å². The van der Waals surface area contributed by atoms with Crippen molar-refractivity contribution >= 4 is 10.8 Å². The van der Waals surface area contributed by atoms with Gasteiger partial charge in [-0.2, -0.15) is 0 Å². The van der Waals surface area contributed by atoms with E-state index in [9.17, 15) is 5.11 Å². The maximum absolute atomic E-state index is 10.4. The molecule has 0 amide bonds. The Kier molecular flexibility index (Phi) is 2.20. The summed E-state index contributed by atoms with van der Waals surface area (Å²) >= 11 is 0. The Hall–Kier alpha value is -1.38. The van der Waals surface area contributed by atoms with Crippen molar-refractivity contribution in [2.45, 2.75) is 12.0 Å². The lowest BCUT2D eigenvalue weighted by molar-refractivity contribution is 0.0233. The fraction of sp³-hybridized carbons (Fsp3) is 0.286. The molecule has 1 atom stereocenters. The average molecular weight is 214 g/mol. The Morgan fingerprint density at radius 1 is 1.06 bits per heavy atom. The van der Waals surface area contributed by atoms with E-state index in [-0.39, 0.29) is 0 Å². The Balaban J connectivity index is 2.11. The van der Waals surface area contributed by atoms with Crippen LogP contribution in [0.4, 0.5) is 0 Å². The first-order valence-corrected chi connectivity index (χ1v) is 5.57. The molecule has 3 rings (SSSR count). The molecule has 82 valence electrons. The van der Waals surface area contributed by atoms with Gasteiger partial charge in [0.1, 0.15) is 5.60 Å². The Bertz CT molecular complexity index is 513. The molecule has 0 aromatic heterocycles. The van der Waals surface area contributed by atoms with Crippen LogP contribution in [0.3, 0.4) is 0 Å². The van der Waals surface area contributed by atoms with E-state index in [1.54, 1.807) is 0 Å². The van der Waals surface area contributed by atoms with Crippen molar-refractivity contribution in [2.75, 3.05) is 13.2 Å². The summed E-state index contributed by atoms with van der Waals surface area (Å²) in [6.07, 6.45) is 0.686. The first kappa shape index (κ1) is 9.82. The summed E-state index contributed by atoms with van der Waals surface area (Å²) in [7, 11) is 0. The van der Waals surface area contributed by atoms with Crippen LogP contribution in [0.5, 0.6) is 0 Å². The predicted molar refractivity (Wildman–Crippen MR) is 63.3 cm³/mol. The Morgan fingerprint density at radius 3 is 2.62 bits per heavy atom. The van der Waals surface area contributed by atoms with Gasteiger partial charge in [0.25, 0.3) is 0 Å². The highest BCUT2D eigenvalue weighted by Gasteiger charge is 2.34. The number of hydrogen-bond acceptors (Lipinski definition) is 2. The molecule has 0 spiro atoms. The molecule has 1 aliphatic rings. The Labute approximate surface area is 94.5 Å². The molecule has 1 fully saturated rings. The molecule has 2 aromatic rings. The van der Waals surface area contributed by atoms with Gasteiger partial charge in [-0.3, -0.25) is 0 Å². The van der Waals surface area contributed by atoms with Crippen molar-refractivity contribution in [3.63, 3.8) is 0 Å². The van der Waals surface area contributed by atoms with Crippen molar-refractivity contribution in [1.29, 1.82) is 0 Å². The monoisotopic (exact) mass is 214 g/mol. The molecule has 0 radical (unpaired) electrons. The van der Waals surface area contributed by atoms with Crippen LogP contribution in [0, 0.1) is 0 Å². The second kappa shape index (κ2) is 3.58. The maximum atomic E-state index is 10.4. The highest BCUT2D eigenvalue weighted by Crippen LogP contribution is 2.31. The van der Waals surface area contributed by atoms with Gasteiger partial charge in [-0.1, -0.05) is 36.4 Å². The van der Waals surface area contributed by atoms with Crippen molar-refractivity contribution < 1.29 is 9.84 Å². The van der Waals surface area contributed by atoms with Gasteiger partial charge in [-0.15, -0.1) is 0 Å². The van der Waals surface area contributed by atoms with E-state index in [1.165, 1.54) is 10.8 Å². The van der Waals surface area contributed by atoms with E-state index in [0.29, 0.717) is 19.6 Å². The third-order valence-corrected chi connectivity index (χ3v) is 3.29. The average Bonchev–Trinajstić information content (AvgIpc) is 2.77. The molecular formula is C14H14O2. The van der Waals surface area contributed by atoms with Crippen LogP contribution in [-0.4, -0.2) is 18.3 Å². The number of aliphatic hydroxyl groups is 1. The lowest BCUT2D eigenvalue weighted by Gasteiger charge is -2.21. The zero-order valence-corrected chi connectivity index (χ0v) is 9.02. The molecule has 16 heavy (non-hydrogen) atoms. The van der Waals surface area contributed by atoms with Crippen LogP contribution in [0.15, 0.2) is 42.5 Å². The van der Waals surface area contributed by atoms with Gasteiger partial charge in [-0.25, -0.2) is 0 Å². The number of rotatable bonds is 1. The van der Waals surface area contributed by atoms with Crippen molar-refractivity contribution in [3.05, 3.63) is 48.0 Å². The van der Waals surface area contributed by atoms with Gasteiger partial charge in [0.15, 0.2) is 0 Å². The standard InChI is InChI=1S/C14H14O2/c15-14(7-8-16-10-14)13-6-5-11-3-1-2-4-12(11)9-13/h1-6,9,15H,7-8,10H2. The van der Waals surface area contributed by atoms with E-state index >= 15 is 0 Å². The molecule has 1 N–H and O–H groups in total. The molecule has 1 heterocycles.